The molecule has 102 valence electrons. The van der Waals surface area contributed by atoms with Crippen LogP contribution < -0.4 is 5.69 Å². The van der Waals surface area contributed by atoms with E-state index in [4.69, 9.17) is 4.99 Å². The Morgan fingerprint density at radius 2 is 1.76 bits per heavy atom. The number of aromatic nitrogens is 3. The van der Waals surface area contributed by atoms with Crippen molar-refractivity contribution >= 4 is 11.4 Å². The van der Waals surface area contributed by atoms with Gasteiger partial charge in [0.2, 0.25) is 0 Å². The van der Waals surface area contributed by atoms with Crippen LogP contribution in [-0.4, -0.2) is 20.5 Å². The molecule has 0 atom stereocenters. The van der Waals surface area contributed by atoms with E-state index in [1.54, 1.807) is 4.57 Å². The summed E-state index contributed by atoms with van der Waals surface area (Å²) >= 11 is 0. The summed E-state index contributed by atoms with van der Waals surface area (Å²) in [7, 11) is 0. The van der Waals surface area contributed by atoms with Crippen molar-refractivity contribution in [2.45, 2.75) is 6.42 Å². The van der Waals surface area contributed by atoms with Gasteiger partial charge in [-0.2, -0.15) is 5.10 Å². The van der Waals surface area contributed by atoms with Crippen LogP contribution >= 0.6 is 0 Å². The molecule has 0 saturated heterocycles. The van der Waals surface area contributed by atoms with Crippen LogP contribution in [0.15, 0.2) is 64.4 Å². The van der Waals surface area contributed by atoms with Crippen LogP contribution in [0.2, 0.25) is 0 Å². The zero-order chi connectivity index (χ0) is 14.2. The lowest BCUT2D eigenvalue weighted by Crippen LogP contribution is -2.17. The zero-order valence-electron chi connectivity index (χ0n) is 11.2. The molecule has 0 aliphatic carbocycles. The number of rotatable bonds is 1. The first kappa shape index (κ1) is 11.8. The summed E-state index contributed by atoms with van der Waals surface area (Å²) in [6.45, 7) is 0. The lowest BCUT2D eigenvalue weighted by molar-refractivity contribution is 0.929. The van der Waals surface area contributed by atoms with Gasteiger partial charge in [-0.25, -0.2) is 14.5 Å². The van der Waals surface area contributed by atoms with Gasteiger partial charge in [-0.15, -0.1) is 0 Å². The molecule has 1 N–H and O–H groups in total. The number of hydrogen-bond acceptors (Lipinski definition) is 3. The molecule has 0 unspecified atom stereocenters. The fourth-order valence-corrected chi connectivity index (χ4v) is 2.58. The van der Waals surface area contributed by atoms with E-state index in [2.05, 4.69) is 10.2 Å². The molecular formula is C16H12N4O. The standard InChI is InChI=1S/C16H12N4O/c21-16-19-18-15-10-13(11-6-2-1-3-7-11)17-12-8-4-5-9-14(12)20(15)16/h1-9H,10H2,(H,19,21). The van der Waals surface area contributed by atoms with E-state index in [9.17, 15) is 4.79 Å². The Morgan fingerprint density at radius 3 is 2.62 bits per heavy atom. The van der Waals surface area contributed by atoms with E-state index in [-0.39, 0.29) is 5.69 Å². The summed E-state index contributed by atoms with van der Waals surface area (Å²) in [5, 5.41) is 6.66. The Labute approximate surface area is 120 Å². The second kappa shape index (κ2) is 4.56. The summed E-state index contributed by atoms with van der Waals surface area (Å²) < 4.78 is 1.59. The van der Waals surface area contributed by atoms with Crippen molar-refractivity contribution in [2.24, 2.45) is 4.99 Å². The maximum Gasteiger partial charge on any atom is 0.348 e. The highest BCUT2D eigenvalue weighted by Crippen LogP contribution is 2.27. The van der Waals surface area contributed by atoms with Crippen molar-refractivity contribution < 1.29 is 0 Å². The van der Waals surface area contributed by atoms with Crippen molar-refractivity contribution in [1.82, 2.24) is 14.8 Å². The van der Waals surface area contributed by atoms with Crippen LogP contribution in [-0.2, 0) is 6.42 Å². The number of para-hydroxylation sites is 2. The fraction of sp³-hybridized carbons (Fsp3) is 0.0625. The minimum Gasteiger partial charge on any atom is -0.250 e. The van der Waals surface area contributed by atoms with Gasteiger partial charge in [-0.1, -0.05) is 42.5 Å². The molecule has 3 aromatic rings. The third kappa shape index (κ3) is 1.90. The first-order chi connectivity index (χ1) is 10.3. The smallest absolute Gasteiger partial charge is 0.250 e. The lowest BCUT2D eigenvalue weighted by Gasteiger charge is -2.03. The number of hydrogen-bond donors (Lipinski definition) is 1. The molecular weight excluding hydrogens is 264 g/mol. The van der Waals surface area contributed by atoms with Gasteiger partial charge < -0.3 is 0 Å². The molecule has 5 nitrogen and oxygen atoms in total. The first-order valence-corrected chi connectivity index (χ1v) is 6.71. The quantitative estimate of drug-likeness (QED) is 0.741. The molecule has 0 saturated carbocycles. The van der Waals surface area contributed by atoms with Crippen LogP contribution in [0.1, 0.15) is 11.4 Å². The Kier molecular flexibility index (Phi) is 2.57. The van der Waals surface area contributed by atoms with Gasteiger partial charge in [0, 0.05) is 0 Å². The second-order valence-corrected chi connectivity index (χ2v) is 4.87. The van der Waals surface area contributed by atoms with Crippen molar-refractivity contribution in [3.8, 4) is 5.69 Å². The fourth-order valence-electron chi connectivity index (χ4n) is 2.58. The van der Waals surface area contributed by atoms with Crippen LogP contribution in [0, 0.1) is 0 Å². The largest absolute Gasteiger partial charge is 0.348 e. The molecule has 1 aliphatic rings. The van der Waals surface area contributed by atoms with Gasteiger partial charge in [-0.05, 0) is 17.7 Å². The summed E-state index contributed by atoms with van der Waals surface area (Å²) in [6.07, 6.45) is 0.511. The molecule has 4 rings (SSSR count). The van der Waals surface area contributed by atoms with Crippen LogP contribution in [0.3, 0.4) is 0 Å². The summed E-state index contributed by atoms with van der Waals surface area (Å²) in [5.41, 5.74) is 3.25. The van der Waals surface area contributed by atoms with Gasteiger partial charge >= 0.3 is 5.69 Å². The molecule has 21 heavy (non-hydrogen) atoms. The molecule has 0 spiro atoms. The Bertz CT molecular complexity index is 890. The first-order valence-electron chi connectivity index (χ1n) is 6.71. The molecule has 0 amide bonds. The Balaban J connectivity index is 1.99. The predicted octanol–water partition coefficient (Wildman–Crippen LogP) is 2.24. The molecule has 1 aromatic heterocycles. The van der Waals surface area contributed by atoms with Crippen molar-refractivity contribution in [2.75, 3.05) is 0 Å². The monoisotopic (exact) mass is 276 g/mol. The molecule has 0 bridgehead atoms. The van der Waals surface area contributed by atoms with Crippen molar-refractivity contribution in [1.29, 1.82) is 0 Å². The number of nitrogens with one attached hydrogen (secondary N) is 1. The Morgan fingerprint density at radius 1 is 1.00 bits per heavy atom. The predicted molar refractivity (Wildman–Crippen MR) is 80.5 cm³/mol. The van der Waals surface area contributed by atoms with Crippen LogP contribution in [0.25, 0.3) is 5.69 Å². The zero-order valence-corrected chi connectivity index (χ0v) is 11.2. The number of aromatic amines is 1. The minimum absolute atomic E-state index is 0.234. The average molecular weight is 276 g/mol. The SMILES string of the molecule is O=c1[nH]nc2n1-c1ccccc1N=C(c1ccccc1)C2. The van der Waals surface area contributed by atoms with Crippen LogP contribution in [0.4, 0.5) is 5.69 Å². The number of aliphatic imine (C=N–C) groups is 1. The van der Waals surface area contributed by atoms with Gasteiger partial charge in [0.15, 0.2) is 0 Å². The number of nitrogens with zero attached hydrogens (tertiary/aromatic N) is 3. The van der Waals surface area contributed by atoms with Gasteiger partial charge in [0.05, 0.1) is 23.5 Å². The second-order valence-electron chi connectivity index (χ2n) is 4.87. The molecule has 2 heterocycles. The molecule has 0 fully saturated rings. The summed E-state index contributed by atoms with van der Waals surface area (Å²) in [5.74, 6) is 0.674. The van der Waals surface area contributed by atoms with Crippen LogP contribution in [0.5, 0.6) is 0 Å². The normalized spacial score (nSPS) is 13.0. The van der Waals surface area contributed by atoms with Crippen molar-refractivity contribution in [3.05, 3.63) is 76.5 Å². The summed E-state index contributed by atoms with van der Waals surface area (Å²) in [4.78, 5) is 16.8. The number of H-pyrrole nitrogens is 1. The maximum atomic E-state index is 12.0. The Hall–Kier alpha value is -2.95. The van der Waals surface area contributed by atoms with E-state index in [0.717, 1.165) is 22.6 Å². The molecule has 2 aromatic carbocycles. The van der Waals surface area contributed by atoms with Gasteiger partial charge in [0.25, 0.3) is 0 Å². The van der Waals surface area contributed by atoms with E-state index < -0.39 is 0 Å². The molecule has 5 heteroatoms. The van der Waals surface area contributed by atoms with Gasteiger partial charge in [0.1, 0.15) is 5.82 Å². The third-order valence-corrected chi connectivity index (χ3v) is 3.55. The number of fused-ring (bicyclic) bond motifs is 3. The van der Waals surface area contributed by atoms with Crippen molar-refractivity contribution in [3.63, 3.8) is 0 Å². The third-order valence-electron chi connectivity index (χ3n) is 3.55. The van der Waals surface area contributed by atoms with Gasteiger partial charge in [-0.3, -0.25) is 4.99 Å². The van der Waals surface area contributed by atoms with E-state index >= 15 is 0 Å². The van der Waals surface area contributed by atoms with E-state index in [0.29, 0.717) is 12.2 Å². The maximum absolute atomic E-state index is 12.0. The molecule has 1 aliphatic heterocycles. The highest BCUT2D eigenvalue weighted by molar-refractivity contribution is 6.03. The number of benzene rings is 2. The summed E-state index contributed by atoms with van der Waals surface area (Å²) in [6, 6.07) is 17.6. The highest BCUT2D eigenvalue weighted by Gasteiger charge is 2.20. The highest BCUT2D eigenvalue weighted by atomic mass is 16.1. The van der Waals surface area contributed by atoms with E-state index in [1.807, 2.05) is 54.6 Å². The topological polar surface area (TPSA) is 63.0 Å². The molecule has 0 radical (unpaired) electrons. The average Bonchev–Trinajstić information content (AvgIpc) is 2.80. The minimum atomic E-state index is -0.234. The van der Waals surface area contributed by atoms with E-state index in [1.165, 1.54) is 0 Å². The lowest BCUT2D eigenvalue weighted by atomic mass is 10.1.